The van der Waals surface area contributed by atoms with E-state index in [9.17, 15) is 4.79 Å². The Hall–Kier alpha value is -2.84. The first-order valence-corrected chi connectivity index (χ1v) is 8.86. The number of hydrogen-bond donors (Lipinski definition) is 1. The summed E-state index contributed by atoms with van der Waals surface area (Å²) >= 11 is 6.14. The normalized spacial score (nSPS) is 12.1. The number of amides is 1. The van der Waals surface area contributed by atoms with Crippen LogP contribution in [0.2, 0.25) is 5.02 Å². The number of halogens is 1. The van der Waals surface area contributed by atoms with Gasteiger partial charge in [-0.1, -0.05) is 90.0 Å². The second-order valence-corrected chi connectivity index (χ2v) is 6.53. The molecular weight excluding hydrogens is 342 g/mol. The lowest BCUT2D eigenvalue weighted by molar-refractivity contribution is -0.116. The molecule has 2 nitrogen and oxygen atoms in total. The van der Waals surface area contributed by atoms with Gasteiger partial charge in [0, 0.05) is 11.1 Å². The van der Waals surface area contributed by atoms with E-state index in [0.717, 1.165) is 16.7 Å². The molecule has 3 heteroatoms. The predicted octanol–water partition coefficient (Wildman–Crippen LogP) is 5.57. The van der Waals surface area contributed by atoms with Crippen molar-refractivity contribution in [3.8, 4) is 0 Å². The number of rotatable bonds is 5. The summed E-state index contributed by atoms with van der Waals surface area (Å²) in [6.07, 6.45) is 3.25. The van der Waals surface area contributed by atoms with Crippen molar-refractivity contribution in [2.24, 2.45) is 0 Å². The van der Waals surface area contributed by atoms with E-state index in [2.05, 4.69) is 17.4 Å². The van der Waals surface area contributed by atoms with Gasteiger partial charge in [-0.15, -0.1) is 0 Å². The number of hydrogen-bond acceptors (Lipinski definition) is 1. The lowest BCUT2D eigenvalue weighted by Gasteiger charge is -2.19. The summed E-state index contributed by atoms with van der Waals surface area (Å²) in [5, 5.41) is 3.71. The van der Waals surface area contributed by atoms with Gasteiger partial charge in [0.1, 0.15) is 0 Å². The van der Waals surface area contributed by atoms with Gasteiger partial charge in [0.2, 0.25) is 5.91 Å². The van der Waals surface area contributed by atoms with Crippen LogP contribution in [-0.2, 0) is 4.79 Å². The van der Waals surface area contributed by atoms with E-state index in [1.807, 2.05) is 67.6 Å². The zero-order chi connectivity index (χ0) is 18.4. The van der Waals surface area contributed by atoms with Crippen LogP contribution in [-0.4, -0.2) is 5.91 Å². The van der Waals surface area contributed by atoms with Crippen molar-refractivity contribution < 1.29 is 4.79 Å². The van der Waals surface area contributed by atoms with Crippen molar-refractivity contribution in [3.05, 3.63) is 112 Å². The summed E-state index contributed by atoms with van der Waals surface area (Å²) in [6, 6.07) is 25.4. The molecule has 0 unspecified atom stereocenters. The van der Waals surface area contributed by atoms with E-state index in [1.54, 1.807) is 12.1 Å². The summed E-state index contributed by atoms with van der Waals surface area (Å²) in [4.78, 5) is 12.5. The Labute approximate surface area is 159 Å². The molecule has 0 heterocycles. The van der Waals surface area contributed by atoms with Gasteiger partial charge in [-0.3, -0.25) is 4.79 Å². The molecule has 3 rings (SSSR count). The van der Waals surface area contributed by atoms with Crippen LogP contribution in [0.1, 0.15) is 28.3 Å². The maximum atomic E-state index is 12.5. The molecule has 1 atom stereocenters. The molecule has 3 aromatic carbocycles. The average molecular weight is 362 g/mol. The molecule has 0 radical (unpaired) electrons. The number of aryl methyl sites for hydroxylation is 1. The molecule has 0 aromatic heterocycles. The highest BCUT2D eigenvalue weighted by Gasteiger charge is 2.15. The minimum absolute atomic E-state index is 0.167. The Balaban J connectivity index is 1.83. The summed E-state index contributed by atoms with van der Waals surface area (Å²) in [5.74, 6) is -0.167. The zero-order valence-corrected chi connectivity index (χ0v) is 15.3. The highest BCUT2D eigenvalue weighted by Crippen LogP contribution is 2.22. The second kappa shape index (κ2) is 8.50. The molecule has 0 spiro atoms. The summed E-state index contributed by atoms with van der Waals surface area (Å²) in [6.45, 7) is 2.05. The van der Waals surface area contributed by atoms with Crippen molar-refractivity contribution >= 4 is 23.6 Å². The SMILES string of the molecule is Cc1ccc([C@H](NC(=O)/C=C/c2ccccc2Cl)c2ccccc2)cc1. The fourth-order valence-electron chi connectivity index (χ4n) is 2.73. The highest BCUT2D eigenvalue weighted by atomic mass is 35.5. The van der Waals surface area contributed by atoms with Gasteiger partial charge in [0.05, 0.1) is 6.04 Å². The van der Waals surface area contributed by atoms with Crippen molar-refractivity contribution in [2.75, 3.05) is 0 Å². The first kappa shape index (κ1) is 18.0. The van der Waals surface area contributed by atoms with Crippen LogP contribution in [0.15, 0.2) is 84.9 Å². The fourth-order valence-corrected chi connectivity index (χ4v) is 2.93. The predicted molar refractivity (Wildman–Crippen MR) is 108 cm³/mol. The molecule has 130 valence electrons. The van der Waals surface area contributed by atoms with Crippen LogP contribution in [0.3, 0.4) is 0 Å². The molecule has 0 aliphatic rings. The van der Waals surface area contributed by atoms with Crippen LogP contribution >= 0.6 is 11.6 Å². The number of carbonyl (C=O) groups is 1. The van der Waals surface area contributed by atoms with Crippen LogP contribution in [0.4, 0.5) is 0 Å². The smallest absolute Gasteiger partial charge is 0.244 e. The van der Waals surface area contributed by atoms with Crippen molar-refractivity contribution in [1.82, 2.24) is 5.32 Å². The number of nitrogens with one attached hydrogen (secondary N) is 1. The summed E-state index contributed by atoms with van der Waals surface area (Å²) in [5.41, 5.74) is 4.08. The van der Waals surface area contributed by atoms with Gasteiger partial charge in [-0.25, -0.2) is 0 Å². The third-order valence-electron chi connectivity index (χ3n) is 4.15. The van der Waals surface area contributed by atoms with E-state index in [0.29, 0.717) is 5.02 Å². The molecule has 26 heavy (non-hydrogen) atoms. The van der Waals surface area contributed by atoms with Gasteiger partial charge in [-0.05, 0) is 35.8 Å². The lowest BCUT2D eigenvalue weighted by Crippen LogP contribution is -2.27. The standard InChI is InChI=1S/C23H20ClNO/c1-17-11-13-20(14-12-17)23(19-8-3-2-4-9-19)25-22(26)16-15-18-7-5-6-10-21(18)24/h2-16,23H,1H3,(H,25,26)/b16-15+/t23-/m1/s1. The minimum Gasteiger partial charge on any atom is -0.342 e. The van der Waals surface area contributed by atoms with Gasteiger partial charge in [0.25, 0.3) is 0 Å². The van der Waals surface area contributed by atoms with Gasteiger partial charge < -0.3 is 5.32 Å². The number of carbonyl (C=O) groups excluding carboxylic acids is 1. The number of benzene rings is 3. The van der Waals surface area contributed by atoms with Gasteiger partial charge >= 0.3 is 0 Å². The highest BCUT2D eigenvalue weighted by molar-refractivity contribution is 6.32. The van der Waals surface area contributed by atoms with Gasteiger partial charge in [0.15, 0.2) is 0 Å². The van der Waals surface area contributed by atoms with Crippen molar-refractivity contribution in [3.63, 3.8) is 0 Å². The first-order chi connectivity index (χ1) is 12.6. The molecule has 1 amide bonds. The topological polar surface area (TPSA) is 29.1 Å². The average Bonchev–Trinajstić information content (AvgIpc) is 2.67. The second-order valence-electron chi connectivity index (χ2n) is 6.12. The molecule has 3 aromatic rings. The van der Waals surface area contributed by atoms with Crippen LogP contribution in [0, 0.1) is 6.92 Å². The van der Waals surface area contributed by atoms with Crippen LogP contribution < -0.4 is 5.32 Å². The Bertz CT molecular complexity index is 901. The maximum Gasteiger partial charge on any atom is 0.244 e. The summed E-state index contributed by atoms with van der Waals surface area (Å²) < 4.78 is 0. The molecule has 0 saturated carbocycles. The molecule has 0 bridgehead atoms. The Morgan fingerprint density at radius 1 is 0.885 bits per heavy atom. The Morgan fingerprint density at radius 3 is 2.19 bits per heavy atom. The molecule has 0 aliphatic heterocycles. The molecule has 1 N–H and O–H groups in total. The zero-order valence-electron chi connectivity index (χ0n) is 14.5. The third kappa shape index (κ3) is 4.62. The molecular formula is C23H20ClNO. The Kier molecular flexibility index (Phi) is 5.88. The lowest BCUT2D eigenvalue weighted by atomic mass is 9.98. The third-order valence-corrected chi connectivity index (χ3v) is 4.49. The molecule has 0 saturated heterocycles. The Morgan fingerprint density at radius 2 is 1.50 bits per heavy atom. The van der Waals surface area contributed by atoms with E-state index >= 15 is 0 Å². The van der Waals surface area contributed by atoms with E-state index in [-0.39, 0.29) is 11.9 Å². The van der Waals surface area contributed by atoms with E-state index < -0.39 is 0 Å². The first-order valence-electron chi connectivity index (χ1n) is 8.48. The van der Waals surface area contributed by atoms with Gasteiger partial charge in [-0.2, -0.15) is 0 Å². The van der Waals surface area contributed by atoms with Crippen molar-refractivity contribution in [2.45, 2.75) is 13.0 Å². The van der Waals surface area contributed by atoms with E-state index in [4.69, 9.17) is 11.6 Å². The molecule has 0 fully saturated rings. The quantitative estimate of drug-likeness (QED) is 0.591. The van der Waals surface area contributed by atoms with Crippen LogP contribution in [0.25, 0.3) is 6.08 Å². The van der Waals surface area contributed by atoms with Crippen molar-refractivity contribution in [1.29, 1.82) is 0 Å². The van der Waals surface area contributed by atoms with E-state index in [1.165, 1.54) is 11.6 Å². The minimum atomic E-state index is -0.208. The largest absolute Gasteiger partial charge is 0.342 e. The fraction of sp³-hybridized carbons (Fsp3) is 0.0870. The monoisotopic (exact) mass is 361 g/mol. The van der Waals surface area contributed by atoms with Crippen LogP contribution in [0.5, 0.6) is 0 Å². The maximum absolute atomic E-state index is 12.5. The summed E-state index contributed by atoms with van der Waals surface area (Å²) in [7, 11) is 0. The molecule has 0 aliphatic carbocycles.